The fourth-order valence-electron chi connectivity index (χ4n) is 0.610. The van der Waals surface area contributed by atoms with E-state index < -0.39 is 12.4 Å². The zero-order valence-corrected chi connectivity index (χ0v) is 5.47. The second-order valence-electron chi connectivity index (χ2n) is 2.09. The standard InChI is InChI=1S/C5H5BF3N2/c7-6(8,9)4-1-2-5(10)11-3-4/h1-3H,(H2,10,11)/q-1. The van der Waals surface area contributed by atoms with E-state index in [1.165, 1.54) is 0 Å². The molecule has 0 aliphatic rings. The van der Waals surface area contributed by atoms with Crippen LogP contribution < -0.4 is 11.2 Å². The van der Waals surface area contributed by atoms with Gasteiger partial charge in [0, 0.05) is 6.20 Å². The van der Waals surface area contributed by atoms with Gasteiger partial charge in [-0.25, -0.2) is 4.98 Å². The summed E-state index contributed by atoms with van der Waals surface area (Å²) in [4.78, 5) is 3.32. The quantitative estimate of drug-likeness (QED) is 0.616. The van der Waals surface area contributed by atoms with Crippen molar-refractivity contribution in [3.05, 3.63) is 18.3 Å². The molecule has 0 spiro atoms. The number of anilines is 1. The fraction of sp³-hybridized carbons (Fsp3) is 0. The lowest BCUT2D eigenvalue weighted by molar-refractivity contribution is 0.501. The molecule has 6 heteroatoms. The molecule has 0 fully saturated rings. The minimum Gasteiger partial charge on any atom is -0.445 e. The summed E-state index contributed by atoms with van der Waals surface area (Å²) in [5, 5.41) is 0. The lowest BCUT2D eigenvalue weighted by Crippen LogP contribution is -2.34. The molecular weight excluding hydrogens is 156 g/mol. The highest BCUT2D eigenvalue weighted by atomic mass is 19.4. The molecule has 1 aromatic heterocycles. The molecule has 0 saturated heterocycles. The van der Waals surface area contributed by atoms with E-state index in [-0.39, 0.29) is 5.82 Å². The first-order chi connectivity index (χ1) is 5.00. The summed E-state index contributed by atoms with van der Waals surface area (Å²) in [7, 11) is 0. The van der Waals surface area contributed by atoms with Gasteiger partial charge in [0.25, 0.3) is 0 Å². The minimum absolute atomic E-state index is 0.0915. The Bertz CT molecular complexity index is 243. The van der Waals surface area contributed by atoms with Crippen LogP contribution >= 0.6 is 0 Å². The number of hydrogen-bond acceptors (Lipinski definition) is 2. The van der Waals surface area contributed by atoms with Crippen LogP contribution in [0.25, 0.3) is 0 Å². The summed E-state index contributed by atoms with van der Waals surface area (Å²) in [5.74, 6) is 0.0915. The molecule has 0 aliphatic carbocycles. The van der Waals surface area contributed by atoms with E-state index in [1.54, 1.807) is 0 Å². The maximum absolute atomic E-state index is 11.9. The number of nitrogens with two attached hydrogens (primary N) is 1. The highest BCUT2D eigenvalue weighted by Gasteiger charge is 2.25. The van der Waals surface area contributed by atoms with E-state index in [2.05, 4.69) is 4.98 Å². The first-order valence-electron chi connectivity index (χ1n) is 2.91. The maximum atomic E-state index is 11.9. The van der Waals surface area contributed by atoms with Gasteiger partial charge in [0.05, 0.1) is 0 Å². The fourth-order valence-corrected chi connectivity index (χ4v) is 0.610. The van der Waals surface area contributed by atoms with Crippen LogP contribution in [0.1, 0.15) is 0 Å². The Morgan fingerprint density at radius 1 is 1.27 bits per heavy atom. The molecule has 0 aliphatic heterocycles. The van der Waals surface area contributed by atoms with Crippen molar-refractivity contribution < 1.29 is 12.9 Å². The number of rotatable bonds is 1. The van der Waals surface area contributed by atoms with Crippen molar-refractivity contribution in [3.63, 3.8) is 0 Å². The number of nitrogen functional groups attached to an aromatic ring is 1. The van der Waals surface area contributed by atoms with Crippen LogP contribution in [0.2, 0.25) is 0 Å². The SMILES string of the molecule is Nc1ccc([B-](F)(F)F)cn1. The average Bonchev–Trinajstić information content (AvgIpc) is 1.86. The predicted molar refractivity (Wildman–Crippen MR) is 37.4 cm³/mol. The molecule has 2 nitrogen and oxygen atoms in total. The van der Waals surface area contributed by atoms with Gasteiger partial charge in [-0.05, 0) is 6.07 Å². The molecule has 0 atom stereocenters. The Balaban J connectivity index is 2.99. The van der Waals surface area contributed by atoms with Crippen LogP contribution in [0, 0.1) is 0 Å². The zero-order valence-electron chi connectivity index (χ0n) is 5.47. The first kappa shape index (κ1) is 7.91. The minimum atomic E-state index is -4.94. The number of hydrogen-bond donors (Lipinski definition) is 1. The van der Waals surface area contributed by atoms with Crippen LogP contribution in [0.4, 0.5) is 18.8 Å². The predicted octanol–water partition coefficient (Wildman–Crippen LogP) is 0.718. The van der Waals surface area contributed by atoms with E-state index in [4.69, 9.17) is 5.73 Å². The summed E-state index contributed by atoms with van der Waals surface area (Å²) < 4.78 is 35.7. The lowest BCUT2D eigenvalue weighted by Gasteiger charge is -2.13. The van der Waals surface area contributed by atoms with Gasteiger partial charge < -0.3 is 18.7 Å². The van der Waals surface area contributed by atoms with Gasteiger partial charge in [0.15, 0.2) is 0 Å². The molecule has 11 heavy (non-hydrogen) atoms. The van der Waals surface area contributed by atoms with Crippen LogP contribution in [-0.2, 0) is 0 Å². The van der Waals surface area contributed by atoms with Crippen LogP contribution in [0.5, 0.6) is 0 Å². The van der Waals surface area contributed by atoms with Crippen molar-refractivity contribution in [1.82, 2.24) is 4.98 Å². The van der Waals surface area contributed by atoms with Crippen molar-refractivity contribution >= 4 is 18.3 Å². The largest absolute Gasteiger partial charge is 0.511 e. The second kappa shape index (κ2) is 2.45. The third-order valence-corrected chi connectivity index (χ3v) is 1.19. The van der Waals surface area contributed by atoms with Crippen molar-refractivity contribution in [2.24, 2.45) is 0 Å². The van der Waals surface area contributed by atoms with Crippen LogP contribution in [0.3, 0.4) is 0 Å². The van der Waals surface area contributed by atoms with Gasteiger partial charge in [0.1, 0.15) is 5.82 Å². The molecule has 1 aromatic rings. The monoisotopic (exact) mass is 161 g/mol. The van der Waals surface area contributed by atoms with Gasteiger partial charge >= 0.3 is 6.98 Å². The van der Waals surface area contributed by atoms with Crippen molar-refractivity contribution in [2.75, 3.05) is 5.73 Å². The van der Waals surface area contributed by atoms with Crippen LogP contribution in [-0.4, -0.2) is 12.0 Å². The molecule has 0 radical (unpaired) electrons. The van der Waals surface area contributed by atoms with Gasteiger partial charge in [-0.2, -0.15) is 0 Å². The highest BCUT2D eigenvalue weighted by molar-refractivity contribution is 6.73. The Kier molecular flexibility index (Phi) is 1.76. The van der Waals surface area contributed by atoms with Crippen molar-refractivity contribution in [3.8, 4) is 0 Å². The van der Waals surface area contributed by atoms with E-state index in [9.17, 15) is 12.9 Å². The zero-order chi connectivity index (χ0) is 8.48. The number of halogens is 3. The molecule has 60 valence electrons. The van der Waals surface area contributed by atoms with Gasteiger partial charge in [0.2, 0.25) is 0 Å². The third-order valence-electron chi connectivity index (χ3n) is 1.19. The summed E-state index contributed by atoms with van der Waals surface area (Å²) in [6, 6.07) is 2.05. The normalized spacial score (nSPS) is 11.5. The highest BCUT2D eigenvalue weighted by Crippen LogP contribution is 2.08. The smallest absolute Gasteiger partial charge is 0.445 e. The topological polar surface area (TPSA) is 38.9 Å². The second-order valence-corrected chi connectivity index (χ2v) is 2.09. The molecule has 1 heterocycles. The summed E-state index contributed by atoms with van der Waals surface area (Å²) in [5.41, 5.74) is 4.38. The summed E-state index contributed by atoms with van der Waals surface area (Å²) in [6.45, 7) is -4.94. The van der Waals surface area contributed by atoms with Gasteiger partial charge in [-0.15, -0.1) is 0 Å². The first-order valence-corrected chi connectivity index (χ1v) is 2.91. The number of aromatic nitrogens is 1. The maximum Gasteiger partial charge on any atom is 0.511 e. The molecule has 2 N–H and O–H groups in total. The van der Waals surface area contributed by atoms with Crippen molar-refractivity contribution in [1.29, 1.82) is 0 Å². The van der Waals surface area contributed by atoms with E-state index >= 15 is 0 Å². The number of pyridine rings is 1. The summed E-state index contributed by atoms with van der Waals surface area (Å²) >= 11 is 0. The number of nitrogens with zero attached hydrogens (tertiary/aromatic N) is 1. The lowest BCUT2D eigenvalue weighted by atomic mass is 9.82. The molecule has 0 bridgehead atoms. The Labute approximate surface area is 61.3 Å². The average molecular weight is 161 g/mol. The molecule has 1 rings (SSSR count). The molecule has 0 amide bonds. The molecule has 0 saturated carbocycles. The Hall–Kier alpha value is -1.20. The van der Waals surface area contributed by atoms with Gasteiger partial charge in [-0.1, -0.05) is 11.5 Å². The van der Waals surface area contributed by atoms with E-state index in [0.29, 0.717) is 0 Å². The van der Waals surface area contributed by atoms with Crippen molar-refractivity contribution in [2.45, 2.75) is 0 Å². The Morgan fingerprint density at radius 2 is 1.91 bits per heavy atom. The summed E-state index contributed by atoms with van der Waals surface area (Å²) in [6.07, 6.45) is 0.731. The Morgan fingerprint density at radius 3 is 2.27 bits per heavy atom. The van der Waals surface area contributed by atoms with E-state index in [0.717, 1.165) is 18.3 Å². The van der Waals surface area contributed by atoms with E-state index in [1.807, 2.05) is 0 Å². The molecule has 0 unspecified atom stereocenters. The van der Waals surface area contributed by atoms with Crippen LogP contribution in [0.15, 0.2) is 18.3 Å². The molecular formula is C5H5BF3N2-. The third kappa shape index (κ3) is 1.86. The van der Waals surface area contributed by atoms with Gasteiger partial charge in [-0.3, -0.25) is 0 Å². The molecule has 0 aromatic carbocycles.